The molecule has 1 N–H and O–H groups in total. The van der Waals surface area contributed by atoms with Crippen molar-refractivity contribution in [1.82, 2.24) is 4.90 Å². The highest BCUT2D eigenvalue weighted by molar-refractivity contribution is 4.90. The molecule has 0 amide bonds. The van der Waals surface area contributed by atoms with Gasteiger partial charge in [0.25, 0.3) is 0 Å². The molecule has 0 saturated heterocycles. The Labute approximate surface area is 107 Å². The fraction of sp³-hybridized carbons (Fsp3) is 1.00. The van der Waals surface area contributed by atoms with Gasteiger partial charge in [-0.2, -0.15) is 0 Å². The Bertz CT molecular complexity index is 247. The molecule has 1 saturated carbocycles. The van der Waals surface area contributed by atoms with Crippen molar-refractivity contribution in [2.45, 2.75) is 71.9 Å². The van der Waals surface area contributed by atoms with Crippen LogP contribution in [0, 0.1) is 11.3 Å². The monoisotopic (exact) mass is 241 g/mol. The van der Waals surface area contributed by atoms with Gasteiger partial charge in [0.2, 0.25) is 0 Å². The summed E-state index contributed by atoms with van der Waals surface area (Å²) >= 11 is 0. The number of aliphatic hydroxyl groups excluding tert-OH is 1. The van der Waals surface area contributed by atoms with Gasteiger partial charge in [0.05, 0.1) is 6.10 Å². The molecule has 2 atom stereocenters. The molecule has 2 unspecified atom stereocenters. The van der Waals surface area contributed by atoms with Crippen LogP contribution in [0.1, 0.15) is 60.3 Å². The van der Waals surface area contributed by atoms with Crippen molar-refractivity contribution in [3.05, 3.63) is 0 Å². The third kappa shape index (κ3) is 3.45. The molecular formula is C15H31NO. The van der Waals surface area contributed by atoms with Gasteiger partial charge in [0, 0.05) is 12.1 Å². The third-order valence-corrected chi connectivity index (χ3v) is 5.05. The fourth-order valence-corrected chi connectivity index (χ4v) is 2.82. The molecule has 1 aliphatic rings. The van der Waals surface area contributed by atoms with Crippen molar-refractivity contribution < 1.29 is 5.11 Å². The van der Waals surface area contributed by atoms with E-state index in [9.17, 15) is 5.11 Å². The van der Waals surface area contributed by atoms with E-state index in [1.54, 1.807) is 0 Å². The number of hydrogen-bond donors (Lipinski definition) is 1. The van der Waals surface area contributed by atoms with Gasteiger partial charge in [0.1, 0.15) is 0 Å². The summed E-state index contributed by atoms with van der Waals surface area (Å²) in [5.41, 5.74) is 0.335. The molecule has 17 heavy (non-hydrogen) atoms. The van der Waals surface area contributed by atoms with Crippen LogP contribution in [0.3, 0.4) is 0 Å². The maximum atomic E-state index is 10.5. The number of nitrogens with zero attached hydrogens (tertiary/aromatic N) is 1. The van der Waals surface area contributed by atoms with Crippen molar-refractivity contribution in [1.29, 1.82) is 0 Å². The zero-order valence-electron chi connectivity index (χ0n) is 12.6. The zero-order chi connectivity index (χ0) is 13.3. The predicted molar refractivity (Wildman–Crippen MR) is 74.1 cm³/mol. The lowest BCUT2D eigenvalue weighted by Gasteiger charge is -2.45. The quantitative estimate of drug-likeness (QED) is 0.816. The lowest BCUT2D eigenvalue weighted by Crippen LogP contribution is -2.49. The topological polar surface area (TPSA) is 23.5 Å². The van der Waals surface area contributed by atoms with Crippen LogP contribution in [-0.4, -0.2) is 35.2 Å². The first kappa shape index (κ1) is 15.0. The molecule has 1 fully saturated rings. The molecule has 2 nitrogen and oxygen atoms in total. The molecular weight excluding hydrogens is 210 g/mol. The van der Waals surface area contributed by atoms with Gasteiger partial charge in [-0.1, -0.05) is 27.2 Å². The highest BCUT2D eigenvalue weighted by atomic mass is 16.3. The molecule has 102 valence electrons. The summed E-state index contributed by atoms with van der Waals surface area (Å²) in [7, 11) is 2.19. The van der Waals surface area contributed by atoms with Gasteiger partial charge in [0.15, 0.2) is 0 Å². The van der Waals surface area contributed by atoms with E-state index in [1.807, 2.05) is 0 Å². The molecule has 0 aromatic rings. The average Bonchev–Trinajstić information content (AvgIpc) is 2.24. The van der Waals surface area contributed by atoms with Crippen molar-refractivity contribution in [2.75, 3.05) is 13.6 Å². The Hall–Kier alpha value is -0.0800. The van der Waals surface area contributed by atoms with Crippen LogP contribution in [0.5, 0.6) is 0 Å². The molecule has 0 aliphatic heterocycles. The van der Waals surface area contributed by atoms with Crippen LogP contribution < -0.4 is 0 Å². The lowest BCUT2D eigenvalue weighted by molar-refractivity contribution is -0.0493. The fourth-order valence-electron chi connectivity index (χ4n) is 2.82. The summed E-state index contributed by atoms with van der Waals surface area (Å²) in [6.45, 7) is 12.2. The molecule has 0 heterocycles. The Balaban J connectivity index is 2.62. The summed E-state index contributed by atoms with van der Waals surface area (Å²) in [5.74, 6) is 0.439. The predicted octanol–water partition coefficient (Wildman–Crippen LogP) is 3.29. The first-order chi connectivity index (χ1) is 7.70. The number of rotatable bonds is 4. The molecule has 1 aliphatic carbocycles. The van der Waals surface area contributed by atoms with Crippen LogP contribution >= 0.6 is 0 Å². The maximum absolute atomic E-state index is 10.5. The minimum Gasteiger partial charge on any atom is -0.392 e. The van der Waals surface area contributed by atoms with E-state index >= 15 is 0 Å². The van der Waals surface area contributed by atoms with E-state index in [1.165, 1.54) is 12.8 Å². The van der Waals surface area contributed by atoms with E-state index in [-0.39, 0.29) is 17.1 Å². The third-order valence-electron chi connectivity index (χ3n) is 5.05. The summed E-state index contributed by atoms with van der Waals surface area (Å²) in [6.07, 6.45) is 4.59. The van der Waals surface area contributed by atoms with E-state index in [2.05, 4.69) is 46.6 Å². The molecule has 0 aromatic carbocycles. The Morgan fingerprint density at radius 2 is 1.94 bits per heavy atom. The number of aliphatic hydroxyl groups is 1. The van der Waals surface area contributed by atoms with E-state index < -0.39 is 0 Å². The van der Waals surface area contributed by atoms with Crippen LogP contribution in [-0.2, 0) is 0 Å². The van der Waals surface area contributed by atoms with Gasteiger partial charge in [-0.15, -0.1) is 0 Å². The molecule has 0 spiro atoms. The number of hydrogen-bond acceptors (Lipinski definition) is 2. The van der Waals surface area contributed by atoms with Gasteiger partial charge >= 0.3 is 0 Å². The van der Waals surface area contributed by atoms with Crippen LogP contribution in [0.4, 0.5) is 0 Å². The van der Waals surface area contributed by atoms with Gasteiger partial charge in [-0.3, -0.25) is 0 Å². The maximum Gasteiger partial charge on any atom is 0.0631 e. The average molecular weight is 241 g/mol. The van der Waals surface area contributed by atoms with E-state index in [0.717, 1.165) is 19.4 Å². The second kappa shape index (κ2) is 5.27. The highest BCUT2D eigenvalue weighted by Gasteiger charge is 2.39. The van der Waals surface area contributed by atoms with Crippen molar-refractivity contribution in [3.8, 4) is 0 Å². The van der Waals surface area contributed by atoms with Crippen LogP contribution in [0.2, 0.25) is 0 Å². The van der Waals surface area contributed by atoms with Crippen LogP contribution in [0.15, 0.2) is 0 Å². The highest BCUT2D eigenvalue weighted by Crippen LogP contribution is 2.39. The standard InChI is InChI=1S/C15H31NO/c1-7-15(4,5)16(6)11-12-9-8-10-14(2,3)13(12)17/h12-13,17H,7-11H2,1-6H3. The summed E-state index contributed by atoms with van der Waals surface area (Å²) in [5, 5.41) is 10.5. The largest absolute Gasteiger partial charge is 0.392 e. The summed E-state index contributed by atoms with van der Waals surface area (Å²) in [6, 6.07) is 0. The van der Waals surface area contributed by atoms with Gasteiger partial charge in [-0.25, -0.2) is 0 Å². The zero-order valence-corrected chi connectivity index (χ0v) is 12.6. The first-order valence-corrected chi connectivity index (χ1v) is 7.10. The Kier molecular flexibility index (Phi) is 4.65. The van der Waals surface area contributed by atoms with Gasteiger partial charge < -0.3 is 10.0 Å². The smallest absolute Gasteiger partial charge is 0.0631 e. The minimum atomic E-state index is -0.147. The van der Waals surface area contributed by atoms with Crippen molar-refractivity contribution >= 4 is 0 Å². The van der Waals surface area contributed by atoms with Crippen molar-refractivity contribution in [2.24, 2.45) is 11.3 Å². The lowest BCUT2D eigenvalue weighted by atomic mass is 9.69. The van der Waals surface area contributed by atoms with E-state index in [0.29, 0.717) is 5.92 Å². The second-order valence-corrected chi connectivity index (χ2v) is 7.13. The van der Waals surface area contributed by atoms with Crippen LogP contribution in [0.25, 0.3) is 0 Å². The normalized spacial score (nSPS) is 29.6. The molecule has 2 heteroatoms. The molecule has 1 rings (SSSR count). The summed E-state index contributed by atoms with van der Waals surface area (Å²) in [4.78, 5) is 2.42. The molecule has 0 aromatic heterocycles. The van der Waals surface area contributed by atoms with E-state index in [4.69, 9.17) is 0 Å². The Morgan fingerprint density at radius 1 is 1.35 bits per heavy atom. The minimum absolute atomic E-state index is 0.0973. The Morgan fingerprint density at radius 3 is 2.47 bits per heavy atom. The SMILES string of the molecule is CCC(C)(C)N(C)CC1CCCC(C)(C)C1O. The molecule has 0 radical (unpaired) electrons. The van der Waals surface area contributed by atoms with Crippen molar-refractivity contribution in [3.63, 3.8) is 0 Å². The summed E-state index contributed by atoms with van der Waals surface area (Å²) < 4.78 is 0. The second-order valence-electron chi connectivity index (χ2n) is 7.13. The molecule has 0 bridgehead atoms. The first-order valence-electron chi connectivity index (χ1n) is 7.10. The van der Waals surface area contributed by atoms with Gasteiger partial charge in [-0.05, 0) is 51.5 Å².